The van der Waals surface area contributed by atoms with Gasteiger partial charge in [-0.2, -0.15) is 0 Å². The zero-order valence-electron chi connectivity index (χ0n) is 7.97. The van der Waals surface area contributed by atoms with Gasteiger partial charge in [-0.3, -0.25) is 4.79 Å². The zero-order chi connectivity index (χ0) is 8.48. The Bertz CT molecular complexity index is 166. The van der Waals surface area contributed by atoms with Gasteiger partial charge in [0.05, 0.1) is 5.92 Å². The molecule has 66 valence electrons. The molecule has 1 fully saturated rings. The summed E-state index contributed by atoms with van der Waals surface area (Å²) in [7, 11) is 0. The molecule has 0 spiro atoms. The summed E-state index contributed by atoms with van der Waals surface area (Å²) in [5.41, 5.74) is 0.0179. The number of rotatable bonds is 1. The second-order valence-corrected chi connectivity index (χ2v) is 4.13. The topological polar surface area (TPSA) is 37.3 Å². The van der Waals surface area contributed by atoms with Crippen molar-refractivity contribution in [2.24, 2.45) is 11.3 Å². The number of carboxylic acids is 1. The number of carbonyl (C=O) groups is 1. The van der Waals surface area contributed by atoms with Crippen molar-refractivity contribution in [3.05, 3.63) is 0 Å². The molecule has 1 N–H and O–H groups in total. The third-order valence-electron chi connectivity index (χ3n) is 2.81. The summed E-state index contributed by atoms with van der Waals surface area (Å²) in [5, 5.41) is 8.87. The first-order valence-corrected chi connectivity index (χ1v) is 4.27. The van der Waals surface area contributed by atoms with Gasteiger partial charge in [0.25, 0.3) is 0 Å². The van der Waals surface area contributed by atoms with E-state index in [9.17, 15) is 4.79 Å². The minimum atomic E-state index is -0.616. The predicted octanol–water partition coefficient (Wildman–Crippen LogP) is 2.28. The van der Waals surface area contributed by atoms with E-state index >= 15 is 0 Å². The molecular weight excluding hydrogens is 253 g/mol. The number of hydrogen-bond acceptors (Lipinski definition) is 1. The van der Waals surface area contributed by atoms with Crippen molar-refractivity contribution in [1.29, 1.82) is 0 Å². The Balaban J connectivity index is 0.00000121. The van der Waals surface area contributed by atoms with Crippen molar-refractivity contribution in [2.45, 2.75) is 39.5 Å². The van der Waals surface area contributed by atoms with Crippen LogP contribution in [-0.4, -0.2) is 11.1 Å². The van der Waals surface area contributed by atoms with Crippen molar-refractivity contribution in [1.82, 2.24) is 0 Å². The molecule has 1 unspecified atom stereocenters. The molecule has 0 aromatic carbocycles. The van der Waals surface area contributed by atoms with E-state index in [-0.39, 0.29) is 38.6 Å². The molecule has 3 heteroatoms. The largest absolute Gasteiger partial charge is 0.481 e. The Morgan fingerprint density at radius 3 is 2.33 bits per heavy atom. The van der Waals surface area contributed by atoms with Crippen LogP contribution in [0.1, 0.15) is 39.5 Å². The fourth-order valence-corrected chi connectivity index (χ4v) is 1.95. The van der Waals surface area contributed by atoms with E-state index < -0.39 is 5.97 Å². The molecule has 0 aromatic rings. The molecule has 0 bridgehead atoms. The third kappa shape index (κ3) is 2.71. The van der Waals surface area contributed by atoms with Crippen LogP contribution in [-0.2, 0) is 32.1 Å². The molecule has 0 aromatic heterocycles. The van der Waals surface area contributed by atoms with Gasteiger partial charge < -0.3 is 5.11 Å². The molecule has 0 amide bonds. The van der Waals surface area contributed by atoms with Gasteiger partial charge in [0.1, 0.15) is 0 Å². The fraction of sp³-hybridized carbons (Fsp3) is 0.889. The van der Waals surface area contributed by atoms with E-state index in [1.807, 2.05) is 0 Å². The van der Waals surface area contributed by atoms with Crippen LogP contribution in [0.15, 0.2) is 0 Å². The SMILES string of the molecule is CC1(C)CCCCC1C(=O)O.[Cd]. The minimum Gasteiger partial charge on any atom is -0.481 e. The van der Waals surface area contributed by atoms with E-state index in [1.165, 1.54) is 6.42 Å². The van der Waals surface area contributed by atoms with Gasteiger partial charge in [-0.05, 0) is 18.3 Å². The molecular formula is C9H16CdO2. The van der Waals surface area contributed by atoms with Gasteiger partial charge in [-0.15, -0.1) is 0 Å². The number of aliphatic carboxylic acids is 1. The van der Waals surface area contributed by atoms with Crippen molar-refractivity contribution in [2.75, 3.05) is 0 Å². The average Bonchev–Trinajstić information content (AvgIpc) is 1.85. The number of carboxylic acid groups (broad SMARTS) is 1. The maximum absolute atomic E-state index is 10.8. The molecule has 2 nitrogen and oxygen atoms in total. The smallest absolute Gasteiger partial charge is 0.307 e. The van der Waals surface area contributed by atoms with Crippen LogP contribution in [0.2, 0.25) is 0 Å². The quantitative estimate of drug-likeness (QED) is 0.741. The monoisotopic (exact) mass is 270 g/mol. The van der Waals surface area contributed by atoms with Crippen LogP contribution in [0.4, 0.5) is 0 Å². The van der Waals surface area contributed by atoms with Crippen molar-refractivity contribution in [3.8, 4) is 0 Å². The Morgan fingerprint density at radius 2 is 2.00 bits per heavy atom. The van der Waals surface area contributed by atoms with Gasteiger partial charge in [0.15, 0.2) is 0 Å². The molecule has 1 aliphatic carbocycles. The van der Waals surface area contributed by atoms with Crippen LogP contribution in [0.3, 0.4) is 0 Å². The second-order valence-electron chi connectivity index (χ2n) is 4.13. The normalized spacial score (nSPS) is 27.3. The molecule has 1 atom stereocenters. The Labute approximate surface area is 93.9 Å². The molecule has 12 heavy (non-hydrogen) atoms. The van der Waals surface area contributed by atoms with Crippen LogP contribution in [0, 0.1) is 11.3 Å². The first-order chi connectivity index (χ1) is 5.04. The molecule has 0 saturated heterocycles. The predicted molar refractivity (Wildman–Crippen MR) is 43.4 cm³/mol. The van der Waals surface area contributed by atoms with E-state index in [0.29, 0.717) is 0 Å². The summed E-state index contributed by atoms with van der Waals surface area (Å²) in [6.45, 7) is 4.12. The first kappa shape index (κ1) is 12.4. The maximum atomic E-state index is 10.8. The molecule has 0 radical (unpaired) electrons. The van der Waals surface area contributed by atoms with E-state index in [2.05, 4.69) is 13.8 Å². The van der Waals surface area contributed by atoms with Crippen LogP contribution in [0.5, 0.6) is 0 Å². The van der Waals surface area contributed by atoms with Gasteiger partial charge >= 0.3 is 5.97 Å². The first-order valence-electron chi connectivity index (χ1n) is 4.27. The molecule has 0 aliphatic heterocycles. The maximum Gasteiger partial charge on any atom is 0.307 e. The Kier molecular flexibility index (Phi) is 4.73. The van der Waals surface area contributed by atoms with Crippen LogP contribution < -0.4 is 0 Å². The fourth-order valence-electron chi connectivity index (χ4n) is 1.95. The summed E-state index contributed by atoms with van der Waals surface area (Å²) < 4.78 is 0. The Hall–Kier alpha value is 0.392. The van der Waals surface area contributed by atoms with Crippen molar-refractivity contribution in [3.63, 3.8) is 0 Å². The van der Waals surface area contributed by atoms with Gasteiger partial charge in [-0.1, -0.05) is 26.7 Å². The van der Waals surface area contributed by atoms with Gasteiger partial charge in [0.2, 0.25) is 0 Å². The Morgan fingerprint density at radius 1 is 1.42 bits per heavy atom. The summed E-state index contributed by atoms with van der Waals surface area (Å²) in [6.07, 6.45) is 4.20. The van der Waals surface area contributed by atoms with Crippen LogP contribution >= 0.6 is 0 Å². The third-order valence-corrected chi connectivity index (χ3v) is 2.81. The summed E-state index contributed by atoms with van der Waals surface area (Å²) in [5.74, 6) is -0.731. The van der Waals surface area contributed by atoms with Crippen molar-refractivity contribution < 1.29 is 37.2 Å². The van der Waals surface area contributed by atoms with Crippen LogP contribution in [0.25, 0.3) is 0 Å². The summed E-state index contributed by atoms with van der Waals surface area (Å²) in [6, 6.07) is 0. The molecule has 1 aliphatic rings. The molecule has 1 rings (SSSR count). The molecule has 1 saturated carbocycles. The zero-order valence-corrected chi connectivity index (χ0v) is 12.0. The molecule has 0 heterocycles. The number of hydrogen-bond donors (Lipinski definition) is 1. The van der Waals surface area contributed by atoms with Gasteiger partial charge in [-0.25, -0.2) is 0 Å². The van der Waals surface area contributed by atoms with E-state index in [4.69, 9.17) is 5.11 Å². The standard InChI is InChI=1S/C9H16O2.Cd/c1-9(2)6-4-3-5-7(9)8(10)11;/h7H,3-6H2,1-2H3,(H,10,11);. The average molecular weight is 269 g/mol. The van der Waals surface area contributed by atoms with Crippen molar-refractivity contribution >= 4 is 5.97 Å². The minimum absolute atomic E-state index is 0. The van der Waals surface area contributed by atoms with Gasteiger partial charge in [0, 0.05) is 27.3 Å². The summed E-state index contributed by atoms with van der Waals surface area (Å²) in [4.78, 5) is 10.8. The summed E-state index contributed by atoms with van der Waals surface area (Å²) >= 11 is 0. The second kappa shape index (κ2) is 4.58. The van der Waals surface area contributed by atoms with E-state index in [1.54, 1.807) is 0 Å². The van der Waals surface area contributed by atoms with E-state index in [0.717, 1.165) is 19.3 Å².